The van der Waals surface area contributed by atoms with E-state index in [-0.39, 0.29) is 30.1 Å². The SMILES string of the molecule is O=C(CCOCCOCCOCCOCCC(O)Nc1c(I)cc(I)c(C(=O)O)c1I)Nc1c(I)cc(I)c(C(=O)O)c1I. The molecule has 0 saturated heterocycles. The Labute approximate surface area is 336 Å². The number of hydrogen-bond acceptors (Lipinski definition) is 9. The van der Waals surface area contributed by atoms with Crippen LogP contribution < -0.4 is 10.6 Å². The Hall–Kier alpha value is 0.830. The number of carboxylic acid groups (broad SMARTS) is 2. The predicted octanol–water partition coefficient (Wildman–Crippen LogP) is 5.93. The first-order valence-electron chi connectivity index (χ1n) is 12.7. The number of rotatable bonds is 20. The quantitative estimate of drug-likeness (QED) is 0.0605. The van der Waals surface area contributed by atoms with E-state index < -0.39 is 18.2 Å². The molecular formula is C26H28I6N2O10. The largest absolute Gasteiger partial charge is 0.478 e. The molecule has 2 aromatic carbocycles. The molecule has 18 heteroatoms. The van der Waals surface area contributed by atoms with Gasteiger partial charge in [-0.05, 0) is 148 Å². The van der Waals surface area contributed by atoms with E-state index >= 15 is 0 Å². The summed E-state index contributed by atoms with van der Waals surface area (Å²) >= 11 is 12.0. The highest BCUT2D eigenvalue weighted by Crippen LogP contribution is 2.33. The molecular weight excluding hydrogens is 1260 g/mol. The number of nitrogens with one attached hydrogen (secondary N) is 2. The number of anilines is 2. The third-order valence-electron chi connectivity index (χ3n) is 5.47. The highest BCUT2D eigenvalue weighted by atomic mass is 127. The van der Waals surface area contributed by atoms with Crippen molar-refractivity contribution in [1.82, 2.24) is 0 Å². The summed E-state index contributed by atoms with van der Waals surface area (Å²) in [5.41, 5.74) is 1.43. The Morgan fingerprint density at radius 1 is 0.636 bits per heavy atom. The van der Waals surface area contributed by atoms with Gasteiger partial charge in [0, 0.05) is 20.7 Å². The number of ether oxygens (including phenoxy) is 4. The average Bonchev–Trinajstić information content (AvgIpc) is 2.92. The highest BCUT2D eigenvalue weighted by Gasteiger charge is 2.21. The van der Waals surface area contributed by atoms with Crippen molar-refractivity contribution in [3.05, 3.63) is 44.7 Å². The molecule has 1 atom stereocenters. The molecule has 1 unspecified atom stereocenters. The van der Waals surface area contributed by atoms with Crippen LogP contribution in [0, 0.1) is 21.4 Å². The molecule has 5 N–H and O–H groups in total. The Morgan fingerprint density at radius 3 is 1.52 bits per heavy atom. The monoisotopic (exact) mass is 1290 g/mol. The number of carboxylic acids is 2. The van der Waals surface area contributed by atoms with Crippen molar-refractivity contribution < 1.29 is 48.7 Å². The van der Waals surface area contributed by atoms with Gasteiger partial charge in [-0.15, -0.1) is 0 Å². The number of benzene rings is 2. The molecule has 44 heavy (non-hydrogen) atoms. The molecule has 0 aliphatic rings. The van der Waals surface area contributed by atoms with Crippen molar-refractivity contribution in [1.29, 1.82) is 0 Å². The minimum Gasteiger partial charge on any atom is -0.478 e. The summed E-state index contributed by atoms with van der Waals surface area (Å²) < 4.78 is 25.7. The summed E-state index contributed by atoms with van der Waals surface area (Å²) in [6.07, 6.45) is -0.481. The molecule has 1 amide bonds. The van der Waals surface area contributed by atoms with Crippen molar-refractivity contribution >= 4 is 165 Å². The van der Waals surface area contributed by atoms with Crippen LogP contribution >= 0.6 is 136 Å². The minimum atomic E-state index is -1.04. The zero-order valence-electron chi connectivity index (χ0n) is 22.8. The van der Waals surface area contributed by atoms with Gasteiger partial charge < -0.3 is 44.9 Å². The first-order valence-corrected chi connectivity index (χ1v) is 19.2. The van der Waals surface area contributed by atoms with Crippen LogP contribution in [0.15, 0.2) is 12.1 Å². The minimum absolute atomic E-state index is 0.118. The second-order valence-electron chi connectivity index (χ2n) is 8.62. The molecule has 12 nitrogen and oxygen atoms in total. The van der Waals surface area contributed by atoms with E-state index in [1.165, 1.54) is 0 Å². The van der Waals surface area contributed by atoms with E-state index in [1.807, 2.05) is 90.4 Å². The Bertz CT molecular complexity index is 1320. The molecule has 2 aromatic rings. The van der Waals surface area contributed by atoms with E-state index in [9.17, 15) is 29.7 Å². The van der Waals surface area contributed by atoms with Gasteiger partial charge in [-0.2, -0.15) is 0 Å². The van der Waals surface area contributed by atoms with Crippen molar-refractivity contribution in [2.24, 2.45) is 0 Å². The lowest BCUT2D eigenvalue weighted by Gasteiger charge is -2.18. The average molecular weight is 1290 g/mol. The van der Waals surface area contributed by atoms with Gasteiger partial charge in [0.1, 0.15) is 6.23 Å². The molecule has 0 saturated carbocycles. The summed E-state index contributed by atoms with van der Waals surface area (Å²) in [6, 6.07) is 3.47. The normalized spacial score (nSPS) is 11.8. The lowest BCUT2D eigenvalue weighted by Crippen LogP contribution is -2.23. The first-order chi connectivity index (χ1) is 20.8. The Kier molecular flexibility index (Phi) is 20.2. The van der Waals surface area contributed by atoms with Crippen LogP contribution in [0.25, 0.3) is 0 Å². The van der Waals surface area contributed by atoms with Gasteiger partial charge in [-0.25, -0.2) is 9.59 Å². The number of hydrogen-bond donors (Lipinski definition) is 5. The second kappa shape index (κ2) is 21.7. The fourth-order valence-corrected chi connectivity index (χ4v) is 11.6. The number of aliphatic hydroxyl groups is 1. The van der Waals surface area contributed by atoms with Crippen LogP contribution in [0.4, 0.5) is 11.4 Å². The second-order valence-corrected chi connectivity index (χ2v) is 15.4. The Balaban J connectivity index is 1.50. The van der Waals surface area contributed by atoms with E-state index in [1.54, 1.807) is 12.1 Å². The van der Waals surface area contributed by atoms with Crippen molar-refractivity contribution in [2.45, 2.75) is 19.1 Å². The van der Waals surface area contributed by atoms with Gasteiger partial charge in [-0.1, -0.05) is 0 Å². The number of halogens is 6. The number of aliphatic hydroxyl groups excluding tert-OH is 1. The van der Waals surface area contributed by atoms with Gasteiger partial charge in [0.2, 0.25) is 5.91 Å². The highest BCUT2D eigenvalue weighted by molar-refractivity contribution is 14.1. The lowest BCUT2D eigenvalue weighted by molar-refractivity contribution is -0.117. The summed E-state index contributed by atoms with van der Waals surface area (Å²) in [4.78, 5) is 35.4. The maximum Gasteiger partial charge on any atom is 0.337 e. The molecule has 2 rings (SSSR count). The molecule has 0 fully saturated rings. The molecule has 0 bridgehead atoms. The van der Waals surface area contributed by atoms with Crippen LogP contribution in [-0.2, 0) is 23.7 Å². The van der Waals surface area contributed by atoms with Crippen molar-refractivity contribution in [3.63, 3.8) is 0 Å². The zero-order valence-corrected chi connectivity index (χ0v) is 35.7. The van der Waals surface area contributed by atoms with Gasteiger partial charge in [0.15, 0.2) is 0 Å². The zero-order chi connectivity index (χ0) is 32.8. The van der Waals surface area contributed by atoms with Crippen molar-refractivity contribution in [2.75, 3.05) is 63.5 Å². The van der Waals surface area contributed by atoms with Gasteiger partial charge >= 0.3 is 11.9 Å². The van der Waals surface area contributed by atoms with Crippen molar-refractivity contribution in [3.8, 4) is 0 Å². The van der Waals surface area contributed by atoms with E-state index in [0.717, 1.165) is 7.14 Å². The molecule has 0 aliphatic carbocycles. The number of aromatic carboxylic acids is 2. The van der Waals surface area contributed by atoms with E-state index in [0.29, 0.717) is 78.3 Å². The van der Waals surface area contributed by atoms with Gasteiger partial charge in [0.05, 0.1) is 88.9 Å². The van der Waals surface area contributed by atoms with Gasteiger partial charge in [0.25, 0.3) is 0 Å². The fourth-order valence-electron chi connectivity index (χ4n) is 3.38. The lowest BCUT2D eigenvalue weighted by atomic mass is 10.2. The topological polar surface area (TPSA) is 173 Å². The molecule has 244 valence electrons. The summed E-state index contributed by atoms with van der Waals surface area (Å²) in [5.74, 6) is -2.33. The van der Waals surface area contributed by atoms with Crippen LogP contribution in [-0.4, -0.2) is 92.2 Å². The molecule has 0 heterocycles. The number of amides is 1. The summed E-state index contributed by atoms with van der Waals surface area (Å²) in [7, 11) is 0. The third kappa shape index (κ3) is 13.7. The number of carbonyl (C=O) groups is 3. The Morgan fingerprint density at radius 2 is 1.05 bits per heavy atom. The molecule has 0 radical (unpaired) electrons. The van der Waals surface area contributed by atoms with Crippen LogP contribution in [0.5, 0.6) is 0 Å². The molecule has 0 aliphatic heterocycles. The number of carbonyl (C=O) groups excluding carboxylic acids is 1. The smallest absolute Gasteiger partial charge is 0.337 e. The predicted molar refractivity (Wildman–Crippen MR) is 214 cm³/mol. The summed E-state index contributed by atoms with van der Waals surface area (Å²) in [5, 5.41) is 35.0. The first kappa shape index (κ1) is 41.0. The maximum absolute atomic E-state index is 12.3. The van der Waals surface area contributed by atoms with E-state index in [4.69, 9.17) is 18.9 Å². The fraction of sp³-hybridized carbons (Fsp3) is 0.423. The summed E-state index contributed by atoms with van der Waals surface area (Å²) in [6.45, 7) is 2.59. The third-order valence-corrected chi connectivity index (χ3v) is 11.0. The van der Waals surface area contributed by atoms with Crippen LogP contribution in [0.1, 0.15) is 33.6 Å². The van der Waals surface area contributed by atoms with Crippen LogP contribution in [0.3, 0.4) is 0 Å². The van der Waals surface area contributed by atoms with Crippen LogP contribution in [0.2, 0.25) is 0 Å². The standard InChI is InChI=1S/C26H28I6N2O10/c27-13-11-15(29)23(21(31)19(13)25(37)38)33-17(35)1-3-41-5-7-43-9-10-44-8-6-42-4-2-18(36)34-24-16(30)12-14(28)20(22(24)32)26(39)40/h11-12,17,33,35H,1-10H2,(H,34,36)(H,37,38)(H,39,40). The molecule has 0 spiro atoms. The molecule has 0 aromatic heterocycles. The van der Waals surface area contributed by atoms with Gasteiger partial charge in [-0.3, -0.25) is 4.79 Å². The van der Waals surface area contributed by atoms with E-state index in [2.05, 4.69) is 55.8 Å². The maximum atomic E-state index is 12.3.